The maximum absolute atomic E-state index is 10.7. The molecule has 0 saturated heterocycles. The van der Waals surface area contributed by atoms with E-state index in [0.717, 1.165) is 12.0 Å². The van der Waals surface area contributed by atoms with E-state index in [1.165, 1.54) is 18.1 Å². The minimum atomic E-state index is -2.09. The van der Waals surface area contributed by atoms with Crippen LogP contribution in [0, 0.1) is 13.8 Å². The van der Waals surface area contributed by atoms with E-state index in [1.54, 1.807) is 31.2 Å². The van der Waals surface area contributed by atoms with Crippen LogP contribution >= 0.6 is 11.6 Å². The van der Waals surface area contributed by atoms with E-state index in [2.05, 4.69) is 31.2 Å². The van der Waals surface area contributed by atoms with Gasteiger partial charge in [-0.05, 0) is 62.9 Å². The first-order chi connectivity index (χ1) is 12.6. The Balaban J connectivity index is 0. The first kappa shape index (κ1) is 29.4. The van der Waals surface area contributed by atoms with Gasteiger partial charge in [-0.3, -0.25) is 9.00 Å². The van der Waals surface area contributed by atoms with Gasteiger partial charge in [-0.25, -0.2) is 0 Å². The number of rotatable bonds is 5. The van der Waals surface area contributed by atoms with Gasteiger partial charge in [0.2, 0.25) is 0 Å². The Morgan fingerprint density at radius 1 is 0.893 bits per heavy atom. The first-order valence-corrected chi connectivity index (χ1v) is 10.0. The van der Waals surface area contributed by atoms with Gasteiger partial charge in [0, 0.05) is 11.3 Å². The molecule has 148 valence electrons. The molecule has 28 heavy (non-hydrogen) atoms. The van der Waals surface area contributed by atoms with E-state index >= 15 is 0 Å². The largest absolute Gasteiger partial charge is 1.00 e. The van der Waals surface area contributed by atoms with Crippen molar-refractivity contribution in [1.82, 2.24) is 0 Å². The van der Waals surface area contributed by atoms with Crippen molar-refractivity contribution in [2.75, 3.05) is 5.88 Å². The predicted octanol–water partition coefficient (Wildman–Crippen LogP) is 1.57. The predicted molar refractivity (Wildman–Crippen MR) is 110 cm³/mol. The van der Waals surface area contributed by atoms with Crippen LogP contribution in [0.5, 0.6) is 0 Å². The molecular formula is C21H26ClNaO4S. The van der Waals surface area contributed by atoms with Crippen molar-refractivity contribution in [3.63, 3.8) is 0 Å². The monoisotopic (exact) mass is 432 g/mol. The molecule has 0 N–H and O–H groups in total. The molecule has 0 aromatic heterocycles. The number of ketones is 2. The second-order valence-electron chi connectivity index (χ2n) is 6.07. The summed E-state index contributed by atoms with van der Waals surface area (Å²) in [7, 11) is 0. The molecule has 0 saturated carbocycles. The molecule has 0 aliphatic heterocycles. The van der Waals surface area contributed by atoms with Crippen molar-refractivity contribution in [3.05, 3.63) is 65.2 Å². The Labute approximate surface area is 197 Å². The number of aryl methyl sites for hydroxylation is 3. The van der Waals surface area contributed by atoms with Crippen molar-refractivity contribution in [1.29, 1.82) is 0 Å². The molecule has 0 radical (unpaired) electrons. The van der Waals surface area contributed by atoms with Crippen LogP contribution in [-0.2, 0) is 27.1 Å². The van der Waals surface area contributed by atoms with Gasteiger partial charge in [0.25, 0.3) is 0 Å². The summed E-state index contributed by atoms with van der Waals surface area (Å²) >= 11 is 2.90. The van der Waals surface area contributed by atoms with Crippen molar-refractivity contribution in [2.24, 2.45) is 0 Å². The standard InChI is InChI=1S/C11H14O.C7H8O2S.C3H5ClO.Na/c1-9-3-6-11(7-4-9)8-5-10(2)12;1-6-2-4-7(5-3-6)10(8)9;1-3(5)2-4;/h3-4,6-7H,5,8H2,1-2H3;2-5H,1H3,(H,8,9);2H2,1H3;/q;;;+1/p-1. The minimum absolute atomic E-state index is 0. The summed E-state index contributed by atoms with van der Waals surface area (Å²) in [6.45, 7) is 7.06. The van der Waals surface area contributed by atoms with E-state index in [0.29, 0.717) is 11.3 Å². The molecule has 0 aliphatic rings. The van der Waals surface area contributed by atoms with Crippen LogP contribution in [0.4, 0.5) is 0 Å². The van der Waals surface area contributed by atoms with Gasteiger partial charge in [0.15, 0.2) is 0 Å². The number of hydrogen-bond donors (Lipinski definition) is 0. The molecule has 0 bridgehead atoms. The van der Waals surface area contributed by atoms with Crippen LogP contribution in [-0.4, -0.2) is 26.2 Å². The van der Waals surface area contributed by atoms with Gasteiger partial charge in [-0.15, -0.1) is 11.6 Å². The summed E-state index contributed by atoms with van der Waals surface area (Å²) in [5.41, 5.74) is 3.58. The summed E-state index contributed by atoms with van der Waals surface area (Å²) in [6, 6.07) is 15.0. The van der Waals surface area contributed by atoms with Crippen molar-refractivity contribution in [3.8, 4) is 0 Å². The zero-order valence-electron chi connectivity index (χ0n) is 17.2. The Kier molecular flexibility index (Phi) is 17.9. The fourth-order valence-electron chi connectivity index (χ4n) is 1.72. The van der Waals surface area contributed by atoms with Gasteiger partial charge in [-0.1, -0.05) is 47.5 Å². The summed E-state index contributed by atoms with van der Waals surface area (Å²) in [5, 5.41) is 0. The number of carbonyl (C=O) groups excluding carboxylic acids is 2. The fraction of sp³-hybridized carbons (Fsp3) is 0.333. The third kappa shape index (κ3) is 16.2. The van der Waals surface area contributed by atoms with Crippen LogP contribution < -0.4 is 29.6 Å². The van der Waals surface area contributed by atoms with E-state index in [4.69, 9.17) is 11.6 Å². The third-order valence-electron chi connectivity index (χ3n) is 3.29. The number of halogens is 1. The average molecular weight is 433 g/mol. The van der Waals surface area contributed by atoms with Gasteiger partial charge < -0.3 is 9.35 Å². The molecule has 4 nitrogen and oxygen atoms in total. The summed E-state index contributed by atoms with van der Waals surface area (Å²) in [4.78, 5) is 20.7. The minimum Gasteiger partial charge on any atom is -0.768 e. The maximum atomic E-state index is 10.7. The Hall–Kier alpha value is -0.820. The first-order valence-electron chi connectivity index (χ1n) is 8.42. The van der Waals surface area contributed by atoms with Crippen LogP contribution in [0.3, 0.4) is 0 Å². The number of Topliss-reactive ketones (excluding diaryl/α,β-unsaturated/α-hetero) is 2. The van der Waals surface area contributed by atoms with Gasteiger partial charge >= 0.3 is 29.6 Å². The molecule has 0 spiro atoms. The Morgan fingerprint density at radius 2 is 1.29 bits per heavy atom. The molecule has 1 atom stereocenters. The van der Waals surface area contributed by atoms with Crippen LogP contribution in [0.1, 0.15) is 37.0 Å². The van der Waals surface area contributed by atoms with E-state index in [1.807, 2.05) is 6.92 Å². The zero-order chi connectivity index (χ0) is 20.8. The van der Waals surface area contributed by atoms with Crippen LogP contribution in [0.15, 0.2) is 53.4 Å². The third-order valence-corrected chi connectivity index (χ3v) is 4.32. The zero-order valence-corrected chi connectivity index (χ0v) is 20.7. The van der Waals surface area contributed by atoms with E-state index in [-0.39, 0.29) is 47.0 Å². The molecule has 7 heteroatoms. The van der Waals surface area contributed by atoms with Gasteiger partial charge in [-0.2, -0.15) is 0 Å². The molecule has 0 amide bonds. The molecule has 0 fully saturated rings. The van der Waals surface area contributed by atoms with Crippen molar-refractivity contribution in [2.45, 2.75) is 45.4 Å². The number of benzene rings is 2. The fourth-order valence-corrected chi connectivity index (χ4v) is 2.08. The molecular weight excluding hydrogens is 407 g/mol. The topological polar surface area (TPSA) is 74.3 Å². The van der Waals surface area contributed by atoms with Crippen molar-refractivity contribution < 1.29 is 47.9 Å². The molecule has 0 heterocycles. The Morgan fingerprint density at radius 3 is 1.61 bits per heavy atom. The summed E-state index contributed by atoms with van der Waals surface area (Å²) < 4.78 is 20.6. The second-order valence-corrected chi connectivity index (χ2v) is 7.28. The van der Waals surface area contributed by atoms with E-state index in [9.17, 15) is 18.4 Å². The van der Waals surface area contributed by atoms with Crippen LogP contribution in [0.2, 0.25) is 0 Å². The van der Waals surface area contributed by atoms with Gasteiger partial charge in [0.1, 0.15) is 11.6 Å². The van der Waals surface area contributed by atoms with Crippen LogP contribution in [0.25, 0.3) is 0 Å². The quantitative estimate of drug-likeness (QED) is 0.408. The van der Waals surface area contributed by atoms with Crippen molar-refractivity contribution >= 4 is 34.2 Å². The van der Waals surface area contributed by atoms with E-state index < -0.39 is 11.1 Å². The maximum Gasteiger partial charge on any atom is 1.00 e. The molecule has 0 aliphatic carbocycles. The normalized spacial score (nSPS) is 10.2. The Bertz CT molecular complexity index is 731. The molecule has 2 aromatic rings. The SMILES string of the molecule is CC(=O)CCc1ccc(C)cc1.CC(=O)CCl.Cc1ccc(S(=O)[O-])cc1.[Na+]. The summed E-state index contributed by atoms with van der Waals surface area (Å²) in [5.74, 6) is 0.419. The van der Waals surface area contributed by atoms with Gasteiger partial charge in [0.05, 0.1) is 5.88 Å². The number of hydrogen-bond acceptors (Lipinski definition) is 4. The summed E-state index contributed by atoms with van der Waals surface area (Å²) in [6.07, 6.45) is 1.53. The number of alkyl halides is 1. The number of carbonyl (C=O) groups is 2. The molecule has 1 unspecified atom stereocenters. The molecule has 2 aromatic carbocycles. The second kappa shape index (κ2) is 17.1. The molecule has 2 rings (SSSR count). The average Bonchev–Trinajstić information content (AvgIpc) is 2.62. The smallest absolute Gasteiger partial charge is 0.768 e.